The predicted molar refractivity (Wildman–Crippen MR) is 105 cm³/mol. The Morgan fingerprint density at radius 1 is 1.29 bits per heavy atom. The average molecular weight is 381 g/mol. The Labute approximate surface area is 165 Å². The van der Waals surface area contributed by atoms with Gasteiger partial charge in [0.05, 0.1) is 13.2 Å². The lowest BCUT2D eigenvalue weighted by molar-refractivity contribution is -0.135. The van der Waals surface area contributed by atoms with Crippen molar-refractivity contribution in [3.05, 3.63) is 36.0 Å². The highest BCUT2D eigenvalue weighted by atomic mass is 16.5. The van der Waals surface area contributed by atoms with Crippen LogP contribution in [0.3, 0.4) is 0 Å². The van der Waals surface area contributed by atoms with Gasteiger partial charge in [-0.1, -0.05) is 12.1 Å². The number of hydrogen-bond donors (Lipinski definition) is 0. The van der Waals surface area contributed by atoms with Crippen LogP contribution in [0.5, 0.6) is 5.75 Å². The van der Waals surface area contributed by atoms with Crippen LogP contribution in [-0.4, -0.2) is 47.4 Å². The number of fused-ring (bicyclic) bond motifs is 4. The lowest BCUT2D eigenvalue weighted by Gasteiger charge is -2.44. The third-order valence-corrected chi connectivity index (χ3v) is 6.31. The highest BCUT2D eigenvalue weighted by molar-refractivity contribution is 5.77. The summed E-state index contributed by atoms with van der Waals surface area (Å²) in [7, 11) is 1.71. The summed E-state index contributed by atoms with van der Waals surface area (Å²) in [6.45, 7) is 2.83. The zero-order valence-corrected chi connectivity index (χ0v) is 16.4. The van der Waals surface area contributed by atoms with Crippen LogP contribution in [0, 0.1) is 5.92 Å². The summed E-state index contributed by atoms with van der Waals surface area (Å²) in [4.78, 5) is 14.6. The maximum absolute atomic E-state index is 12.5. The molecule has 1 spiro atoms. The van der Waals surface area contributed by atoms with Crippen molar-refractivity contribution in [3.8, 4) is 17.0 Å². The van der Waals surface area contributed by atoms with Crippen LogP contribution in [0.2, 0.25) is 0 Å². The van der Waals surface area contributed by atoms with Crippen LogP contribution >= 0.6 is 0 Å². The van der Waals surface area contributed by atoms with Crippen LogP contribution in [0.15, 0.2) is 30.5 Å². The van der Waals surface area contributed by atoms with Gasteiger partial charge in [0, 0.05) is 56.8 Å². The van der Waals surface area contributed by atoms with Crippen LogP contribution in [0.4, 0.5) is 0 Å². The Bertz CT molecular complexity index is 879. The molecule has 148 valence electrons. The molecule has 6 nitrogen and oxygen atoms in total. The number of carbonyl (C=O) groups excluding carboxylic acids is 1. The topological polar surface area (TPSA) is 56.6 Å². The Kier molecular flexibility index (Phi) is 4.38. The highest BCUT2D eigenvalue weighted by Crippen LogP contribution is 2.49. The van der Waals surface area contributed by atoms with Crippen LogP contribution in [0.1, 0.15) is 37.7 Å². The molecule has 0 unspecified atom stereocenters. The second-order valence-electron chi connectivity index (χ2n) is 8.27. The molecule has 0 bridgehead atoms. The van der Waals surface area contributed by atoms with Crippen molar-refractivity contribution in [2.45, 2.75) is 44.2 Å². The van der Waals surface area contributed by atoms with Crippen molar-refractivity contribution in [2.24, 2.45) is 5.92 Å². The van der Waals surface area contributed by atoms with Gasteiger partial charge in [-0.3, -0.25) is 9.48 Å². The molecule has 2 aromatic rings. The first-order chi connectivity index (χ1) is 13.7. The first-order valence-electron chi connectivity index (χ1n) is 10.3. The molecule has 2 fully saturated rings. The van der Waals surface area contributed by atoms with E-state index in [1.54, 1.807) is 7.11 Å². The molecule has 1 aliphatic carbocycles. The van der Waals surface area contributed by atoms with E-state index < -0.39 is 5.60 Å². The third-order valence-electron chi connectivity index (χ3n) is 6.31. The van der Waals surface area contributed by atoms with E-state index in [0.29, 0.717) is 25.0 Å². The monoisotopic (exact) mass is 381 g/mol. The van der Waals surface area contributed by atoms with E-state index in [-0.39, 0.29) is 0 Å². The molecule has 1 amide bonds. The van der Waals surface area contributed by atoms with Crippen molar-refractivity contribution < 1.29 is 14.3 Å². The second-order valence-corrected chi connectivity index (χ2v) is 8.27. The molecule has 1 saturated carbocycles. The molecule has 3 heterocycles. The molecule has 1 aromatic carbocycles. The molecule has 28 heavy (non-hydrogen) atoms. The predicted octanol–water partition coefficient (Wildman–Crippen LogP) is 3.21. The quantitative estimate of drug-likeness (QED) is 0.798. The summed E-state index contributed by atoms with van der Waals surface area (Å²) in [6, 6.07) is 8.13. The van der Waals surface area contributed by atoms with Gasteiger partial charge in [-0.2, -0.15) is 5.10 Å². The zero-order valence-electron chi connectivity index (χ0n) is 16.4. The number of amides is 1. The minimum Gasteiger partial charge on any atom is -0.482 e. The van der Waals surface area contributed by atoms with Gasteiger partial charge >= 0.3 is 0 Å². The Hall–Kier alpha value is -2.34. The van der Waals surface area contributed by atoms with Crippen molar-refractivity contribution in [1.29, 1.82) is 0 Å². The number of methoxy groups -OCH3 is 1. The first-order valence-corrected chi connectivity index (χ1v) is 10.3. The number of ether oxygens (including phenoxy) is 2. The molecule has 0 N–H and O–H groups in total. The number of likely N-dealkylation sites (tertiary alicyclic amines) is 1. The number of nitrogens with zero attached hydrogens (tertiary/aromatic N) is 3. The maximum atomic E-state index is 12.5. The van der Waals surface area contributed by atoms with Gasteiger partial charge in [0.1, 0.15) is 17.0 Å². The molecule has 1 aromatic heterocycles. The minimum atomic E-state index is -0.397. The smallest absolute Gasteiger partial charge is 0.222 e. The van der Waals surface area contributed by atoms with Gasteiger partial charge in [0.25, 0.3) is 0 Å². The fourth-order valence-electron chi connectivity index (χ4n) is 4.46. The number of carbonyl (C=O) groups is 1. The Balaban J connectivity index is 1.43. The van der Waals surface area contributed by atoms with Crippen LogP contribution in [0.25, 0.3) is 11.3 Å². The number of benzene rings is 1. The van der Waals surface area contributed by atoms with E-state index in [0.717, 1.165) is 54.9 Å². The maximum Gasteiger partial charge on any atom is 0.222 e. The zero-order chi connectivity index (χ0) is 19.1. The molecule has 0 atom stereocenters. The number of rotatable bonds is 5. The summed E-state index contributed by atoms with van der Waals surface area (Å²) in [6.07, 6.45) is 6.88. The summed E-state index contributed by atoms with van der Waals surface area (Å²) in [5, 5.41) is 4.86. The highest BCUT2D eigenvalue weighted by Gasteiger charge is 2.46. The Morgan fingerprint density at radius 3 is 2.82 bits per heavy atom. The van der Waals surface area contributed by atoms with Crippen LogP contribution < -0.4 is 4.74 Å². The van der Waals surface area contributed by atoms with Gasteiger partial charge in [0.2, 0.25) is 5.91 Å². The first kappa shape index (κ1) is 17.7. The average Bonchev–Trinajstić information content (AvgIpc) is 3.41. The van der Waals surface area contributed by atoms with Crippen molar-refractivity contribution in [3.63, 3.8) is 0 Å². The summed E-state index contributed by atoms with van der Waals surface area (Å²) < 4.78 is 13.8. The SMILES string of the molecule is COCCn1cc2c(n1)-c1ccccc1OC21CCN(C(=O)CC2CC2)CC1. The number of aromatic nitrogens is 2. The van der Waals surface area contributed by atoms with Gasteiger partial charge in [0.15, 0.2) is 0 Å². The van der Waals surface area contributed by atoms with E-state index in [1.807, 2.05) is 27.8 Å². The molecule has 2 aliphatic heterocycles. The van der Waals surface area contributed by atoms with E-state index >= 15 is 0 Å². The summed E-state index contributed by atoms with van der Waals surface area (Å²) >= 11 is 0. The minimum absolute atomic E-state index is 0.310. The van der Waals surface area contributed by atoms with Crippen molar-refractivity contribution in [1.82, 2.24) is 14.7 Å². The fourth-order valence-corrected chi connectivity index (χ4v) is 4.46. The summed E-state index contributed by atoms with van der Waals surface area (Å²) in [5.74, 6) is 1.83. The number of hydrogen-bond acceptors (Lipinski definition) is 4. The molecule has 1 saturated heterocycles. The van der Waals surface area contributed by atoms with E-state index in [4.69, 9.17) is 14.6 Å². The molecule has 6 heteroatoms. The number of piperidine rings is 1. The number of para-hydroxylation sites is 1. The summed E-state index contributed by atoms with van der Waals surface area (Å²) in [5.41, 5.74) is 2.81. The Morgan fingerprint density at radius 2 is 2.07 bits per heavy atom. The normalized spacial score (nSPS) is 19.8. The lowest BCUT2D eigenvalue weighted by atomic mass is 9.81. The molecular formula is C22H27N3O3. The second kappa shape index (κ2) is 6.92. The van der Waals surface area contributed by atoms with E-state index in [9.17, 15) is 4.79 Å². The van der Waals surface area contributed by atoms with Crippen molar-refractivity contribution in [2.75, 3.05) is 26.8 Å². The standard InChI is InChI=1S/C22H27N3O3/c1-27-13-12-25-15-18-21(23-25)17-4-2-3-5-19(17)28-22(18)8-10-24(11-9-22)20(26)14-16-6-7-16/h2-5,15-16H,6-14H2,1H3. The third kappa shape index (κ3) is 3.09. The molecule has 5 rings (SSSR count). The van der Waals surface area contributed by atoms with Crippen molar-refractivity contribution >= 4 is 5.91 Å². The van der Waals surface area contributed by atoms with Gasteiger partial charge in [-0.05, 0) is 30.9 Å². The molecule has 3 aliphatic rings. The fraction of sp³-hybridized carbons (Fsp3) is 0.545. The lowest BCUT2D eigenvalue weighted by Crippen LogP contribution is -2.49. The van der Waals surface area contributed by atoms with Gasteiger partial charge in [-0.25, -0.2) is 0 Å². The van der Waals surface area contributed by atoms with Gasteiger partial charge < -0.3 is 14.4 Å². The van der Waals surface area contributed by atoms with Gasteiger partial charge in [-0.15, -0.1) is 0 Å². The van der Waals surface area contributed by atoms with E-state index in [2.05, 4.69) is 12.3 Å². The largest absolute Gasteiger partial charge is 0.482 e. The molecule has 0 radical (unpaired) electrons. The molecular weight excluding hydrogens is 354 g/mol. The van der Waals surface area contributed by atoms with E-state index in [1.165, 1.54) is 12.8 Å². The van der Waals surface area contributed by atoms with Crippen LogP contribution in [-0.2, 0) is 21.7 Å².